The van der Waals surface area contributed by atoms with Crippen LogP contribution < -0.4 is 15.2 Å². The zero-order valence-corrected chi connectivity index (χ0v) is 19.3. The van der Waals surface area contributed by atoms with Crippen LogP contribution in [-0.4, -0.2) is 20.9 Å². The van der Waals surface area contributed by atoms with Crippen molar-refractivity contribution in [2.24, 2.45) is 5.14 Å². The summed E-state index contributed by atoms with van der Waals surface area (Å²) < 4.78 is 83.4. The summed E-state index contributed by atoms with van der Waals surface area (Å²) in [6.07, 6.45) is -4.57. The number of ether oxygens (including phenoxy) is 1. The van der Waals surface area contributed by atoms with Crippen molar-refractivity contribution in [3.05, 3.63) is 87.7 Å². The first-order valence-corrected chi connectivity index (χ1v) is 12.0. The molecule has 0 aliphatic carbocycles. The molecule has 0 fully saturated rings. The van der Waals surface area contributed by atoms with Gasteiger partial charge in [0.05, 0.1) is 22.1 Å². The van der Waals surface area contributed by atoms with E-state index in [2.05, 4.69) is 5.32 Å². The Morgan fingerprint density at radius 1 is 1.09 bits per heavy atom. The van der Waals surface area contributed by atoms with Crippen LogP contribution in [0.3, 0.4) is 0 Å². The highest BCUT2D eigenvalue weighted by Crippen LogP contribution is 2.44. The molecule has 0 aromatic heterocycles. The van der Waals surface area contributed by atoms with Gasteiger partial charge >= 0.3 is 6.18 Å². The smallest absolute Gasteiger partial charge is 0.417 e. The van der Waals surface area contributed by atoms with Crippen LogP contribution in [-0.2, 0) is 16.2 Å². The van der Waals surface area contributed by atoms with Crippen LogP contribution in [0, 0.1) is 5.82 Å². The first kappa shape index (κ1) is 25.0. The van der Waals surface area contributed by atoms with Gasteiger partial charge in [-0.3, -0.25) is 4.79 Å². The van der Waals surface area contributed by atoms with Crippen molar-refractivity contribution >= 4 is 33.2 Å². The maximum atomic E-state index is 13.7. The van der Waals surface area contributed by atoms with E-state index in [-0.39, 0.29) is 40.5 Å². The van der Waals surface area contributed by atoms with E-state index in [9.17, 15) is 30.8 Å². The average molecular weight is 529 g/mol. The molecule has 0 bridgehead atoms. The van der Waals surface area contributed by atoms with Crippen LogP contribution >= 0.6 is 11.6 Å². The molecule has 4 rings (SSSR count). The Balaban J connectivity index is 1.82. The van der Waals surface area contributed by atoms with Crippen molar-refractivity contribution in [1.29, 1.82) is 0 Å². The van der Waals surface area contributed by atoms with E-state index in [0.29, 0.717) is 5.56 Å². The van der Waals surface area contributed by atoms with E-state index in [1.54, 1.807) is 0 Å². The van der Waals surface area contributed by atoms with Crippen molar-refractivity contribution in [2.45, 2.75) is 23.4 Å². The minimum Gasteiger partial charge on any atom is -0.493 e. The molecular formula is C23H17ClF4N2O4S. The minimum absolute atomic E-state index is 0.0120. The van der Waals surface area contributed by atoms with Crippen LogP contribution in [0.25, 0.3) is 0 Å². The maximum absolute atomic E-state index is 13.7. The molecule has 1 aliphatic heterocycles. The Kier molecular flexibility index (Phi) is 6.52. The van der Waals surface area contributed by atoms with Gasteiger partial charge in [-0.2, -0.15) is 13.2 Å². The number of carbonyl (C=O) groups is 1. The second kappa shape index (κ2) is 9.14. The topological polar surface area (TPSA) is 98.5 Å². The number of rotatable bonds is 4. The van der Waals surface area contributed by atoms with Crippen molar-refractivity contribution in [3.8, 4) is 5.75 Å². The van der Waals surface area contributed by atoms with Crippen LogP contribution in [0.2, 0.25) is 5.02 Å². The number of fused-ring (bicyclic) bond motifs is 1. The number of alkyl halides is 3. The average Bonchev–Trinajstić information content (AvgIpc) is 2.77. The standard InChI is InChI=1S/C23H17ClF4N2O4S/c24-20-11-18(22(31)30-13-2-1-3-14(9-13)35(29,32)33)17(10-19(20)23(26,27)28)15-6-7-34-21-8-12(25)4-5-16(15)21/h1-5,8-11,15H,6-7H2,(H,30,31)(H2,29,32,33). The molecule has 0 spiro atoms. The summed E-state index contributed by atoms with van der Waals surface area (Å²) in [5, 5.41) is 6.91. The molecule has 6 nitrogen and oxygen atoms in total. The number of amides is 1. The predicted molar refractivity (Wildman–Crippen MR) is 121 cm³/mol. The summed E-state index contributed by atoms with van der Waals surface area (Å²) in [6, 6.07) is 10.5. The monoisotopic (exact) mass is 528 g/mol. The van der Waals surface area contributed by atoms with Gasteiger partial charge in [0.1, 0.15) is 11.6 Å². The molecule has 12 heteroatoms. The molecule has 3 N–H and O–H groups in total. The highest BCUT2D eigenvalue weighted by molar-refractivity contribution is 7.89. The summed E-state index contributed by atoms with van der Waals surface area (Å²) in [5.74, 6) is -1.97. The second-order valence-electron chi connectivity index (χ2n) is 7.82. The summed E-state index contributed by atoms with van der Waals surface area (Å²) in [7, 11) is -4.06. The third-order valence-electron chi connectivity index (χ3n) is 5.50. The Bertz CT molecular complexity index is 1430. The molecule has 0 saturated heterocycles. The molecule has 1 atom stereocenters. The van der Waals surface area contributed by atoms with E-state index < -0.39 is 44.4 Å². The van der Waals surface area contributed by atoms with Crippen molar-refractivity contribution in [3.63, 3.8) is 0 Å². The van der Waals surface area contributed by atoms with Gasteiger partial charge in [-0.25, -0.2) is 17.9 Å². The predicted octanol–water partition coefficient (Wildman–Crippen LogP) is 5.31. The van der Waals surface area contributed by atoms with Gasteiger partial charge in [0, 0.05) is 28.8 Å². The first-order valence-electron chi connectivity index (χ1n) is 10.1. The van der Waals surface area contributed by atoms with Crippen molar-refractivity contribution in [2.75, 3.05) is 11.9 Å². The zero-order chi connectivity index (χ0) is 25.5. The van der Waals surface area contributed by atoms with E-state index in [1.807, 2.05) is 0 Å². The number of halogens is 5. The summed E-state index contributed by atoms with van der Waals surface area (Å²) >= 11 is 5.91. The lowest BCUT2D eigenvalue weighted by atomic mass is 9.83. The summed E-state index contributed by atoms with van der Waals surface area (Å²) in [5.41, 5.74) is -0.808. The SMILES string of the molecule is NS(=O)(=O)c1cccc(NC(=O)c2cc(Cl)c(C(F)(F)F)cc2C2CCOc3cc(F)ccc32)c1. The van der Waals surface area contributed by atoms with Crippen LogP contribution in [0.15, 0.2) is 59.5 Å². The van der Waals surface area contributed by atoms with E-state index in [4.69, 9.17) is 21.5 Å². The summed E-state index contributed by atoms with van der Waals surface area (Å²) in [6.45, 7) is 0.0859. The number of anilines is 1. The van der Waals surface area contributed by atoms with Gasteiger partial charge in [-0.15, -0.1) is 0 Å². The second-order valence-corrected chi connectivity index (χ2v) is 9.78. The lowest BCUT2D eigenvalue weighted by Crippen LogP contribution is -2.22. The van der Waals surface area contributed by atoms with E-state index in [0.717, 1.165) is 30.3 Å². The number of hydrogen-bond acceptors (Lipinski definition) is 4. The Morgan fingerprint density at radius 3 is 2.51 bits per heavy atom. The Labute approximate surface area is 202 Å². The molecule has 1 amide bonds. The fourth-order valence-corrected chi connectivity index (χ4v) is 4.76. The maximum Gasteiger partial charge on any atom is 0.417 e. The van der Waals surface area contributed by atoms with Gasteiger partial charge in [0.15, 0.2) is 0 Å². The van der Waals surface area contributed by atoms with Crippen molar-refractivity contribution in [1.82, 2.24) is 0 Å². The first-order chi connectivity index (χ1) is 16.3. The molecular weight excluding hydrogens is 512 g/mol. The zero-order valence-electron chi connectivity index (χ0n) is 17.7. The van der Waals surface area contributed by atoms with Crippen molar-refractivity contribution < 1.29 is 35.5 Å². The number of hydrogen-bond donors (Lipinski definition) is 2. The number of nitrogens with two attached hydrogens (primary N) is 1. The highest BCUT2D eigenvalue weighted by atomic mass is 35.5. The number of primary sulfonamides is 1. The van der Waals surface area contributed by atoms with Crippen LogP contribution in [0.1, 0.15) is 39.4 Å². The molecule has 3 aromatic carbocycles. The molecule has 1 unspecified atom stereocenters. The number of sulfonamides is 1. The van der Waals surface area contributed by atoms with Gasteiger partial charge in [-0.1, -0.05) is 23.7 Å². The molecule has 0 radical (unpaired) electrons. The van der Waals surface area contributed by atoms with Crippen LogP contribution in [0.4, 0.5) is 23.2 Å². The number of nitrogens with one attached hydrogen (secondary N) is 1. The summed E-state index contributed by atoms with van der Waals surface area (Å²) in [4.78, 5) is 12.9. The molecule has 3 aromatic rings. The lowest BCUT2D eigenvalue weighted by molar-refractivity contribution is -0.137. The quantitative estimate of drug-likeness (QED) is 0.448. The van der Waals surface area contributed by atoms with Gasteiger partial charge in [0.25, 0.3) is 5.91 Å². The minimum atomic E-state index is -4.79. The van der Waals surface area contributed by atoms with Crippen LogP contribution in [0.5, 0.6) is 5.75 Å². The van der Waals surface area contributed by atoms with E-state index in [1.165, 1.54) is 24.3 Å². The molecule has 35 heavy (non-hydrogen) atoms. The molecule has 0 saturated carbocycles. The fourth-order valence-electron chi connectivity index (χ4n) is 3.93. The molecule has 1 heterocycles. The number of carbonyl (C=O) groups excluding carboxylic acids is 1. The van der Waals surface area contributed by atoms with E-state index >= 15 is 0 Å². The third-order valence-corrected chi connectivity index (χ3v) is 6.72. The number of benzene rings is 3. The Morgan fingerprint density at radius 2 is 1.83 bits per heavy atom. The fraction of sp³-hybridized carbons (Fsp3) is 0.174. The van der Waals surface area contributed by atoms with Gasteiger partial charge in [-0.05, 0) is 48.4 Å². The third kappa shape index (κ3) is 5.26. The molecule has 1 aliphatic rings. The highest BCUT2D eigenvalue weighted by Gasteiger charge is 2.37. The van der Waals surface area contributed by atoms with Gasteiger partial charge < -0.3 is 10.1 Å². The van der Waals surface area contributed by atoms with Gasteiger partial charge in [0.2, 0.25) is 10.0 Å². The molecule has 184 valence electrons. The largest absolute Gasteiger partial charge is 0.493 e. The lowest BCUT2D eigenvalue weighted by Gasteiger charge is -2.28. The normalized spacial score (nSPS) is 15.8. The Hall–Kier alpha value is -3.15.